The molecule has 15 heteroatoms. The van der Waals surface area contributed by atoms with Gasteiger partial charge in [0.25, 0.3) is 0 Å². The second-order valence-corrected chi connectivity index (χ2v) is 14.0. The van der Waals surface area contributed by atoms with Crippen LogP contribution in [0.5, 0.6) is 0 Å². The molecule has 0 rings (SSSR count). The van der Waals surface area contributed by atoms with E-state index in [4.69, 9.17) is 0 Å². The van der Waals surface area contributed by atoms with Crippen molar-refractivity contribution < 1.29 is 43.2 Å². The maximum atomic E-state index is 13.3. The first-order chi connectivity index (χ1) is 24.4. The van der Waals surface area contributed by atoms with Gasteiger partial charge in [-0.05, 0) is 93.8 Å². The van der Waals surface area contributed by atoms with Crippen LogP contribution >= 0.6 is 0 Å². The zero-order chi connectivity index (χ0) is 39.6. The molecule has 296 valence electrons. The summed E-state index contributed by atoms with van der Waals surface area (Å²) in [4.78, 5) is 111. The molecule has 0 aromatic rings. The van der Waals surface area contributed by atoms with Crippen LogP contribution in [-0.2, 0) is 43.2 Å². The molecule has 0 aromatic heterocycles. The minimum Gasteiger partial charge on any atom is -0.353 e. The molecule has 0 saturated carbocycles. The number of Topliss-reactive ketones (excluding diaryl/α,β-unsaturated/α-hetero) is 5. The van der Waals surface area contributed by atoms with E-state index in [2.05, 4.69) is 31.9 Å². The third kappa shape index (κ3) is 26.9. The average molecular weight is 737 g/mol. The summed E-state index contributed by atoms with van der Waals surface area (Å²) in [6, 6.07) is -2.75. The summed E-state index contributed by atoms with van der Waals surface area (Å²) in [5.74, 6) is -2.11. The molecular weight excluding hydrogens is 672 g/mol. The summed E-state index contributed by atoms with van der Waals surface area (Å²) in [6.07, 6.45) is 2.79. The number of carbonyl (C=O) groups excluding carboxylic acids is 9. The van der Waals surface area contributed by atoms with Gasteiger partial charge in [-0.25, -0.2) is 0 Å². The Labute approximate surface area is 309 Å². The van der Waals surface area contributed by atoms with E-state index in [1.165, 1.54) is 34.6 Å². The molecule has 5 unspecified atom stereocenters. The fourth-order valence-electron chi connectivity index (χ4n) is 5.67. The van der Waals surface area contributed by atoms with E-state index >= 15 is 0 Å². The smallest absolute Gasteiger partial charge is 0.222 e. The first-order valence-corrected chi connectivity index (χ1v) is 18.4. The Balaban J connectivity index is 5.68. The van der Waals surface area contributed by atoms with Crippen LogP contribution in [0.2, 0.25) is 0 Å². The van der Waals surface area contributed by atoms with Gasteiger partial charge in [-0.1, -0.05) is 0 Å². The number of nitrogens with one attached hydrogen (secondary N) is 6. The normalized spacial score (nSPS) is 13.8. The molecule has 0 aliphatic rings. The molecule has 0 aromatic carbocycles. The molecule has 0 radical (unpaired) electrons. The maximum absolute atomic E-state index is 13.3. The Hall–Kier alpha value is -3.85. The van der Waals surface area contributed by atoms with E-state index in [0.717, 1.165) is 13.0 Å². The highest BCUT2D eigenvalue weighted by atomic mass is 16.2. The second kappa shape index (κ2) is 27.8. The van der Waals surface area contributed by atoms with E-state index in [1.807, 2.05) is 7.05 Å². The number of amides is 4. The van der Waals surface area contributed by atoms with Gasteiger partial charge in [-0.15, -0.1) is 0 Å². The third-order valence-electron chi connectivity index (χ3n) is 8.49. The van der Waals surface area contributed by atoms with Crippen molar-refractivity contribution in [3.05, 3.63) is 0 Å². The fraction of sp³-hybridized carbons (Fsp3) is 0.757. The van der Waals surface area contributed by atoms with Crippen molar-refractivity contribution in [3.63, 3.8) is 0 Å². The summed E-state index contributed by atoms with van der Waals surface area (Å²) in [5.41, 5.74) is 0. The van der Waals surface area contributed by atoms with Crippen molar-refractivity contribution in [3.8, 4) is 0 Å². The van der Waals surface area contributed by atoms with Gasteiger partial charge >= 0.3 is 0 Å². The van der Waals surface area contributed by atoms with E-state index < -0.39 is 29.9 Å². The molecule has 0 bridgehead atoms. The average Bonchev–Trinajstić information content (AvgIpc) is 3.02. The number of rotatable bonds is 31. The fourth-order valence-corrected chi connectivity index (χ4v) is 5.67. The summed E-state index contributed by atoms with van der Waals surface area (Å²) >= 11 is 0. The van der Waals surface area contributed by atoms with Crippen LogP contribution in [0.1, 0.15) is 131 Å². The number of hydrogen-bond acceptors (Lipinski definition) is 11. The third-order valence-corrected chi connectivity index (χ3v) is 8.49. The summed E-state index contributed by atoms with van der Waals surface area (Å²) < 4.78 is 0. The minimum absolute atomic E-state index is 0.00679. The van der Waals surface area contributed by atoms with Crippen LogP contribution < -0.4 is 31.9 Å². The zero-order valence-corrected chi connectivity index (χ0v) is 32.4. The summed E-state index contributed by atoms with van der Waals surface area (Å²) in [6.45, 7) is 7.88. The predicted molar refractivity (Wildman–Crippen MR) is 197 cm³/mol. The van der Waals surface area contributed by atoms with Crippen LogP contribution in [0.15, 0.2) is 0 Å². The lowest BCUT2D eigenvalue weighted by molar-refractivity contribution is -0.127. The SMILES string of the molecule is CNCCCC(CC(C)=O)NC(=O)CC(CCC(C)=O)NC(=O)CC(CCC(C)=O)NC(=O)CC(CCC(C)=O)NC(=O)CC(CCC(C)=O)NC. The lowest BCUT2D eigenvalue weighted by Gasteiger charge is -2.24. The highest BCUT2D eigenvalue weighted by Gasteiger charge is 2.25. The van der Waals surface area contributed by atoms with E-state index in [1.54, 1.807) is 7.05 Å². The molecule has 0 spiro atoms. The van der Waals surface area contributed by atoms with Crippen molar-refractivity contribution in [1.82, 2.24) is 31.9 Å². The minimum atomic E-state index is -0.754. The Kier molecular flexibility index (Phi) is 25.7. The molecule has 15 nitrogen and oxygen atoms in total. The van der Waals surface area contributed by atoms with Crippen molar-refractivity contribution in [2.75, 3.05) is 20.6 Å². The molecule has 0 heterocycles. The van der Waals surface area contributed by atoms with Gasteiger partial charge < -0.3 is 51.1 Å². The molecule has 0 saturated heterocycles. The number of carbonyl (C=O) groups is 9. The second-order valence-electron chi connectivity index (χ2n) is 14.0. The molecule has 4 amide bonds. The van der Waals surface area contributed by atoms with E-state index in [0.29, 0.717) is 19.3 Å². The number of hydrogen-bond donors (Lipinski definition) is 6. The highest BCUT2D eigenvalue weighted by molar-refractivity contribution is 5.84. The van der Waals surface area contributed by atoms with Crippen LogP contribution in [0.3, 0.4) is 0 Å². The molecule has 6 N–H and O–H groups in total. The summed E-state index contributed by atoms with van der Waals surface area (Å²) in [5, 5.41) is 17.4. The Morgan fingerprint density at radius 2 is 0.673 bits per heavy atom. The molecule has 5 atom stereocenters. The Morgan fingerprint density at radius 1 is 0.385 bits per heavy atom. The molecule has 52 heavy (non-hydrogen) atoms. The lowest BCUT2D eigenvalue weighted by Crippen LogP contribution is -2.46. The lowest BCUT2D eigenvalue weighted by atomic mass is 10.0. The predicted octanol–water partition coefficient (Wildman–Crippen LogP) is 1.53. The van der Waals surface area contributed by atoms with Crippen molar-refractivity contribution in [1.29, 1.82) is 0 Å². The summed E-state index contributed by atoms with van der Waals surface area (Å²) in [7, 11) is 3.50. The van der Waals surface area contributed by atoms with Crippen LogP contribution in [0.25, 0.3) is 0 Å². The Bertz CT molecular complexity index is 1210. The maximum Gasteiger partial charge on any atom is 0.222 e. The topological polar surface area (TPSA) is 226 Å². The van der Waals surface area contributed by atoms with Crippen molar-refractivity contribution >= 4 is 52.5 Å². The molecule has 0 aliphatic carbocycles. The zero-order valence-electron chi connectivity index (χ0n) is 32.4. The van der Waals surface area contributed by atoms with Gasteiger partial charge in [0.05, 0.1) is 0 Å². The van der Waals surface area contributed by atoms with Gasteiger partial charge in [-0.3, -0.25) is 24.0 Å². The highest BCUT2D eigenvalue weighted by Crippen LogP contribution is 2.12. The molecule has 0 aliphatic heterocycles. The first kappa shape index (κ1) is 48.1. The van der Waals surface area contributed by atoms with Crippen molar-refractivity contribution in [2.45, 2.75) is 161 Å². The quantitative estimate of drug-likeness (QED) is 0.0560. The van der Waals surface area contributed by atoms with E-state index in [9.17, 15) is 43.2 Å². The first-order valence-electron chi connectivity index (χ1n) is 18.4. The standard InChI is InChI=1S/C37H64N6O9/c1-24(44)10-14-29(39-7)20-34(49)41-31(15-11-25(2)45)22-36(51)43-33(17-13-27(4)47)23-37(52)42-32(16-12-26(3)46)21-35(50)40-30(19-28(5)48)9-8-18-38-6/h29-33,38-39H,8-23H2,1-7H3,(H,40,50)(H,41,49)(H,42,52)(H,43,51). The largest absolute Gasteiger partial charge is 0.353 e. The molecule has 0 fully saturated rings. The van der Waals surface area contributed by atoms with E-state index in [-0.39, 0.29) is 123 Å². The van der Waals surface area contributed by atoms with Gasteiger partial charge in [0, 0.05) is 88.0 Å². The number of ketones is 5. The van der Waals surface area contributed by atoms with Gasteiger partial charge in [0.15, 0.2) is 0 Å². The van der Waals surface area contributed by atoms with Gasteiger partial charge in [0.2, 0.25) is 23.6 Å². The monoisotopic (exact) mass is 736 g/mol. The molecular formula is C37H64N6O9. The van der Waals surface area contributed by atoms with Gasteiger partial charge in [-0.2, -0.15) is 0 Å². The van der Waals surface area contributed by atoms with Gasteiger partial charge in [0.1, 0.15) is 28.9 Å². The Morgan fingerprint density at radius 3 is 0.942 bits per heavy atom. The van der Waals surface area contributed by atoms with Crippen LogP contribution in [0, 0.1) is 0 Å². The van der Waals surface area contributed by atoms with Crippen LogP contribution in [0.4, 0.5) is 0 Å². The van der Waals surface area contributed by atoms with Crippen LogP contribution in [-0.4, -0.2) is 103 Å². The van der Waals surface area contributed by atoms with Crippen molar-refractivity contribution in [2.24, 2.45) is 0 Å².